The SMILES string of the molecule is c1ccc(-n2c(-c3ccc(N(c4ccncc4)c4ccncc4)cc3)nc3cc4ccccc4nc32)cc1. The van der Waals surface area contributed by atoms with E-state index in [-0.39, 0.29) is 0 Å². The maximum Gasteiger partial charge on any atom is 0.165 e. The first-order chi connectivity index (χ1) is 18.8. The van der Waals surface area contributed by atoms with Crippen LogP contribution in [0.3, 0.4) is 0 Å². The summed E-state index contributed by atoms with van der Waals surface area (Å²) in [4.78, 5) is 20.6. The molecule has 6 heteroatoms. The van der Waals surface area contributed by atoms with Crippen LogP contribution in [-0.2, 0) is 0 Å². The van der Waals surface area contributed by atoms with Crippen LogP contribution in [0.25, 0.3) is 39.1 Å². The second kappa shape index (κ2) is 9.26. The number of fused-ring (bicyclic) bond motifs is 2. The molecule has 38 heavy (non-hydrogen) atoms. The van der Waals surface area contributed by atoms with Crippen LogP contribution in [0.1, 0.15) is 0 Å². The molecular weight excluding hydrogens is 468 g/mol. The Labute approximate surface area is 219 Å². The summed E-state index contributed by atoms with van der Waals surface area (Å²) < 4.78 is 2.14. The van der Waals surface area contributed by atoms with E-state index in [2.05, 4.69) is 68.0 Å². The van der Waals surface area contributed by atoms with Crippen molar-refractivity contribution < 1.29 is 0 Å². The van der Waals surface area contributed by atoms with Gasteiger partial charge in [0.15, 0.2) is 5.65 Å². The fourth-order valence-corrected chi connectivity index (χ4v) is 4.81. The lowest BCUT2D eigenvalue weighted by Crippen LogP contribution is -2.10. The molecule has 0 aliphatic heterocycles. The predicted octanol–water partition coefficient (Wildman–Crippen LogP) is 7.50. The van der Waals surface area contributed by atoms with E-state index < -0.39 is 0 Å². The summed E-state index contributed by atoms with van der Waals surface area (Å²) in [6.45, 7) is 0. The average molecular weight is 491 g/mol. The summed E-state index contributed by atoms with van der Waals surface area (Å²) in [7, 11) is 0. The number of hydrogen-bond donors (Lipinski definition) is 0. The van der Waals surface area contributed by atoms with E-state index in [1.807, 2.05) is 60.7 Å². The van der Waals surface area contributed by atoms with Gasteiger partial charge in [-0.3, -0.25) is 14.5 Å². The maximum atomic E-state index is 5.07. The Balaban J connectivity index is 1.39. The molecule has 0 aliphatic rings. The minimum Gasteiger partial charge on any atom is -0.310 e. The third kappa shape index (κ3) is 3.85. The summed E-state index contributed by atoms with van der Waals surface area (Å²) in [5.41, 5.74) is 7.74. The molecule has 0 bridgehead atoms. The second-order valence-electron chi connectivity index (χ2n) is 8.92. The van der Waals surface area contributed by atoms with E-state index in [1.54, 1.807) is 24.8 Å². The molecule has 0 atom stereocenters. The van der Waals surface area contributed by atoms with Gasteiger partial charge < -0.3 is 4.90 Å². The van der Waals surface area contributed by atoms with Crippen molar-refractivity contribution in [1.29, 1.82) is 0 Å². The highest BCUT2D eigenvalue weighted by atomic mass is 15.2. The van der Waals surface area contributed by atoms with E-state index in [4.69, 9.17) is 9.97 Å². The highest BCUT2D eigenvalue weighted by Crippen LogP contribution is 2.36. The van der Waals surface area contributed by atoms with Crippen molar-refractivity contribution in [1.82, 2.24) is 24.5 Å². The van der Waals surface area contributed by atoms with E-state index in [1.165, 1.54) is 0 Å². The fraction of sp³-hybridized carbons (Fsp3) is 0. The number of hydrogen-bond acceptors (Lipinski definition) is 5. The van der Waals surface area contributed by atoms with Crippen LogP contribution < -0.4 is 4.90 Å². The summed E-state index contributed by atoms with van der Waals surface area (Å²) in [5.74, 6) is 0.847. The highest BCUT2D eigenvalue weighted by molar-refractivity contribution is 5.92. The minimum absolute atomic E-state index is 0.837. The molecule has 0 radical (unpaired) electrons. The van der Waals surface area contributed by atoms with Gasteiger partial charge in [-0.2, -0.15) is 0 Å². The lowest BCUT2D eigenvalue weighted by atomic mass is 10.1. The molecule has 3 aromatic carbocycles. The third-order valence-corrected chi connectivity index (χ3v) is 6.57. The number of anilines is 3. The number of para-hydroxylation sites is 2. The standard InChI is InChI=1S/C32H22N6/c1-2-7-25(8-3-1)38-31(36-30-22-24-6-4-5-9-29(24)35-32(30)38)23-10-12-26(13-11-23)37(27-14-18-33-19-15-27)28-16-20-34-21-17-28/h1-22H. The van der Waals surface area contributed by atoms with E-state index in [0.29, 0.717) is 0 Å². The number of aromatic nitrogens is 5. The largest absolute Gasteiger partial charge is 0.310 e. The first-order valence-electron chi connectivity index (χ1n) is 12.4. The van der Waals surface area contributed by atoms with Crippen molar-refractivity contribution in [3.8, 4) is 17.1 Å². The molecule has 0 saturated heterocycles. The smallest absolute Gasteiger partial charge is 0.165 e. The highest BCUT2D eigenvalue weighted by Gasteiger charge is 2.18. The Morgan fingerprint density at radius 2 is 1.13 bits per heavy atom. The van der Waals surface area contributed by atoms with Crippen LogP contribution in [0.4, 0.5) is 17.1 Å². The van der Waals surface area contributed by atoms with E-state index in [0.717, 1.165) is 56.2 Å². The summed E-state index contributed by atoms with van der Waals surface area (Å²) in [6.07, 6.45) is 7.21. The van der Waals surface area contributed by atoms with Gasteiger partial charge in [0.2, 0.25) is 0 Å². The summed E-state index contributed by atoms with van der Waals surface area (Å²) in [5, 5.41) is 1.07. The van der Waals surface area contributed by atoms with Crippen molar-refractivity contribution in [3.63, 3.8) is 0 Å². The first kappa shape index (κ1) is 21.9. The molecule has 6 nitrogen and oxygen atoms in total. The first-order valence-corrected chi connectivity index (χ1v) is 12.4. The molecule has 0 aliphatic carbocycles. The molecule has 7 rings (SSSR count). The number of rotatable bonds is 5. The van der Waals surface area contributed by atoms with Crippen molar-refractivity contribution in [2.45, 2.75) is 0 Å². The van der Waals surface area contributed by atoms with E-state index >= 15 is 0 Å². The molecule has 4 heterocycles. The van der Waals surface area contributed by atoms with Crippen LogP contribution in [-0.4, -0.2) is 24.5 Å². The second-order valence-corrected chi connectivity index (χ2v) is 8.92. The molecular formula is C32H22N6. The average Bonchev–Trinajstić information content (AvgIpc) is 3.36. The van der Waals surface area contributed by atoms with Crippen molar-refractivity contribution >= 4 is 39.1 Å². The Kier molecular flexibility index (Phi) is 5.33. The monoisotopic (exact) mass is 490 g/mol. The molecule has 0 fully saturated rings. The van der Waals surface area contributed by atoms with Gasteiger partial charge in [-0.1, -0.05) is 36.4 Å². The molecule has 7 aromatic rings. The Hall–Kier alpha value is -5.36. The quantitative estimate of drug-likeness (QED) is 0.250. The van der Waals surface area contributed by atoms with Crippen molar-refractivity contribution in [2.75, 3.05) is 4.90 Å². The molecule has 180 valence electrons. The molecule has 0 spiro atoms. The van der Waals surface area contributed by atoms with Gasteiger partial charge in [0.25, 0.3) is 0 Å². The molecule has 0 N–H and O–H groups in total. The maximum absolute atomic E-state index is 5.07. The molecule has 0 saturated carbocycles. The van der Waals surface area contributed by atoms with Gasteiger partial charge in [0.05, 0.1) is 5.52 Å². The Bertz CT molecular complexity index is 1810. The van der Waals surface area contributed by atoms with Crippen LogP contribution >= 0.6 is 0 Å². The van der Waals surface area contributed by atoms with Gasteiger partial charge in [-0.05, 0) is 72.8 Å². The fourth-order valence-electron chi connectivity index (χ4n) is 4.81. The zero-order chi connectivity index (χ0) is 25.3. The summed E-state index contributed by atoms with van der Waals surface area (Å²) >= 11 is 0. The number of pyridine rings is 3. The third-order valence-electron chi connectivity index (χ3n) is 6.57. The lowest BCUT2D eigenvalue weighted by molar-refractivity contribution is 1.08. The topological polar surface area (TPSA) is 59.7 Å². The number of nitrogens with zero attached hydrogens (tertiary/aromatic N) is 6. The molecule has 0 unspecified atom stereocenters. The number of benzene rings is 3. The van der Waals surface area contributed by atoms with Gasteiger partial charge >= 0.3 is 0 Å². The minimum atomic E-state index is 0.837. The predicted molar refractivity (Wildman–Crippen MR) is 152 cm³/mol. The van der Waals surface area contributed by atoms with Crippen molar-refractivity contribution in [3.05, 3.63) is 134 Å². The zero-order valence-electron chi connectivity index (χ0n) is 20.4. The molecule has 0 amide bonds. The summed E-state index contributed by atoms with van der Waals surface area (Å²) in [6, 6.07) is 37.0. The molecule has 4 aromatic heterocycles. The zero-order valence-corrected chi connectivity index (χ0v) is 20.4. The van der Waals surface area contributed by atoms with Gasteiger partial charge in [0, 0.05) is 58.5 Å². The Morgan fingerprint density at radius 1 is 0.526 bits per heavy atom. The lowest BCUT2D eigenvalue weighted by Gasteiger charge is -2.25. The van der Waals surface area contributed by atoms with Crippen LogP contribution in [0, 0.1) is 0 Å². The van der Waals surface area contributed by atoms with Gasteiger partial charge in [-0.15, -0.1) is 0 Å². The van der Waals surface area contributed by atoms with Gasteiger partial charge in [0.1, 0.15) is 11.3 Å². The van der Waals surface area contributed by atoms with Crippen LogP contribution in [0.2, 0.25) is 0 Å². The van der Waals surface area contributed by atoms with Crippen molar-refractivity contribution in [2.24, 2.45) is 0 Å². The van der Waals surface area contributed by atoms with Gasteiger partial charge in [-0.25, -0.2) is 9.97 Å². The van der Waals surface area contributed by atoms with E-state index in [9.17, 15) is 0 Å². The van der Waals surface area contributed by atoms with Crippen LogP contribution in [0.15, 0.2) is 134 Å². The van der Waals surface area contributed by atoms with Crippen LogP contribution in [0.5, 0.6) is 0 Å². The number of imidazole rings is 1. The normalized spacial score (nSPS) is 11.2. The Morgan fingerprint density at radius 3 is 1.82 bits per heavy atom.